The molecule has 0 rings (SSSR count). The van der Waals surface area contributed by atoms with Gasteiger partial charge in [-0.2, -0.15) is 0 Å². The highest BCUT2D eigenvalue weighted by Crippen LogP contribution is 2.10. The largest absolute Gasteiger partial charge is 0.395 e. The number of rotatable bonds is 7. The van der Waals surface area contributed by atoms with E-state index in [0.29, 0.717) is 6.54 Å². The van der Waals surface area contributed by atoms with E-state index < -0.39 is 0 Å². The van der Waals surface area contributed by atoms with Crippen LogP contribution in [0.5, 0.6) is 0 Å². The van der Waals surface area contributed by atoms with Gasteiger partial charge in [-0.15, -0.1) is 0 Å². The molecule has 0 aromatic rings. The van der Waals surface area contributed by atoms with Crippen molar-refractivity contribution in [3.05, 3.63) is 0 Å². The summed E-state index contributed by atoms with van der Waals surface area (Å²) in [4.78, 5) is 24.2. The first-order valence-electron chi connectivity index (χ1n) is 5.46. The van der Waals surface area contributed by atoms with Crippen LogP contribution in [0.4, 0.5) is 0 Å². The minimum atomic E-state index is -0.176. The fourth-order valence-corrected chi connectivity index (χ4v) is 1.66. The summed E-state index contributed by atoms with van der Waals surface area (Å²) >= 11 is 0. The molecule has 88 valence electrons. The zero-order chi connectivity index (χ0) is 11.8. The second-order valence-electron chi connectivity index (χ2n) is 3.66. The number of aliphatic hydroxyl groups is 1. The van der Waals surface area contributed by atoms with Crippen LogP contribution in [0.15, 0.2) is 0 Å². The molecule has 0 aromatic carbocycles. The van der Waals surface area contributed by atoms with E-state index in [-0.39, 0.29) is 30.8 Å². The highest BCUT2D eigenvalue weighted by atomic mass is 16.3. The summed E-state index contributed by atoms with van der Waals surface area (Å²) in [7, 11) is 0. The molecule has 0 fully saturated rings. The molecule has 0 aliphatic heterocycles. The number of amides is 1. The lowest BCUT2D eigenvalue weighted by Gasteiger charge is -2.29. The van der Waals surface area contributed by atoms with Gasteiger partial charge in [-0.1, -0.05) is 13.8 Å². The van der Waals surface area contributed by atoms with Crippen LogP contribution in [0, 0.1) is 0 Å². The number of ketones is 1. The predicted molar refractivity (Wildman–Crippen MR) is 58.5 cm³/mol. The third-order valence-corrected chi connectivity index (χ3v) is 2.44. The van der Waals surface area contributed by atoms with Crippen molar-refractivity contribution in [1.29, 1.82) is 0 Å². The third-order valence-electron chi connectivity index (χ3n) is 2.44. The quantitative estimate of drug-likeness (QED) is 0.644. The van der Waals surface area contributed by atoms with Crippen LogP contribution in [-0.2, 0) is 9.59 Å². The lowest BCUT2D eigenvalue weighted by Crippen LogP contribution is -2.42. The average molecular weight is 215 g/mol. The second-order valence-corrected chi connectivity index (χ2v) is 3.66. The Morgan fingerprint density at radius 1 is 1.27 bits per heavy atom. The molecule has 1 amide bonds. The van der Waals surface area contributed by atoms with Gasteiger partial charge in [0.2, 0.25) is 5.91 Å². The van der Waals surface area contributed by atoms with Crippen molar-refractivity contribution < 1.29 is 14.7 Å². The molecule has 0 heterocycles. The molecule has 0 aromatic heterocycles. The summed E-state index contributed by atoms with van der Waals surface area (Å²) in [6.45, 7) is 5.67. The van der Waals surface area contributed by atoms with Gasteiger partial charge in [0, 0.05) is 12.6 Å². The van der Waals surface area contributed by atoms with Gasteiger partial charge in [-0.3, -0.25) is 9.59 Å². The number of aliphatic hydroxyl groups excluding tert-OH is 1. The molecule has 0 bridgehead atoms. The van der Waals surface area contributed by atoms with Gasteiger partial charge in [0.1, 0.15) is 5.78 Å². The van der Waals surface area contributed by atoms with Crippen LogP contribution < -0.4 is 0 Å². The summed E-state index contributed by atoms with van der Waals surface area (Å²) in [6, 6.07) is 0.129. The molecule has 0 saturated carbocycles. The SMILES string of the molecule is CCC(CC)N(CCO)C(=O)CC(C)=O. The number of hydrogen-bond acceptors (Lipinski definition) is 3. The molecule has 0 saturated heterocycles. The Morgan fingerprint density at radius 2 is 1.80 bits per heavy atom. The first-order valence-corrected chi connectivity index (χ1v) is 5.46. The second kappa shape index (κ2) is 7.40. The molecule has 4 nitrogen and oxygen atoms in total. The Balaban J connectivity index is 4.48. The standard InChI is InChI=1S/C11H21NO3/c1-4-10(5-2)12(6-7-13)11(15)8-9(3)14/h10,13H,4-8H2,1-3H3. The Bertz CT molecular complexity index is 212. The Hall–Kier alpha value is -0.900. The Labute approximate surface area is 91.3 Å². The van der Waals surface area contributed by atoms with Crippen LogP contribution in [0.1, 0.15) is 40.0 Å². The maximum absolute atomic E-state index is 11.7. The molecule has 0 atom stereocenters. The normalized spacial score (nSPS) is 10.5. The highest BCUT2D eigenvalue weighted by molar-refractivity contribution is 5.96. The fraction of sp³-hybridized carbons (Fsp3) is 0.818. The molecular formula is C11H21NO3. The zero-order valence-electron chi connectivity index (χ0n) is 9.82. The minimum absolute atomic E-state index is 0.0554. The van der Waals surface area contributed by atoms with Gasteiger partial charge >= 0.3 is 0 Å². The third kappa shape index (κ3) is 4.93. The van der Waals surface area contributed by atoms with Gasteiger partial charge in [0.25, 0.3) is 0 Å². The van der Waals surface area contributed by atoms with Crippen molar-refractivity contribution in [2.75, 3.05) is 13.2 Å². The monoisotopic (exact) mass is 215 g/mol. The van der Waals surface area contributed by atoms with Gasteiger partial charge in [0.05, 0.1) is 13.0 Å². The van der Waals surface area contributed by atoms with Gasteiger partial charge in [-0.25, -0.2) is 0 Å². The van der Waals surface area contributed by atoms with Crippen LogP contribution in [-0.4, -0.2) is 40.9 Å². The van der Waals surface area contributed by atoms with Crippen molar-refractivity contribution in [3.63, 3.8) is 0 Å². The smallest absolute Gasteiger partial charge is 0.230 e. The number of Topliss-reactive ketones (excluding diaryl/α,β-unsaturated/α-hetero) is 1. The maximum Gasteiger partial charge on any atom is 0.230 e. The molecule has 0 aliphatic carbocycles. The van der Waals surface area contributed by atoms with E-state index in [4.69, 9.17) is 5.11 Å². The van der Waals surface area contributed by atoms with Crippen LogP contribution in [0.2, 0.25) is 0 Å². The number of nitrogens with zero attached hydrogens (tertiary/aromatic N) is 1. The molecule has 1 N–H and O–H groups in total. The predicted octanol–water partition coefficient (Wildman–Crippen LogP) is 0.975. The van der Waals surface area contributed by atoms with E-state index in [9.17, 15) is 9.59 Å². The van der Waals surface area contributed by atoms with Crippen molar-refractivity contribution in [2.45, 2.75) is 46.1 Å². The van der Waals surface area contributed by atoms with E-state index in [1.54, 1.807) is 4.90 Å². The molecule has 0 radical (unpaired) electrons. The first-order chi connectivity index (χ1) is 7.06. The lowest BCUT2D eigenvalue weighted by atomic mass is 10.1. The van der Waals surface area contributed by atoms with E-state index in [1.807, 2.05) is 13.8 Å². The summed E-state index contributed by atoms with van der Waals surface area (Å²) < 4.78 is 0. The average Bonchev–Trinajstić information content (AvgIpc) is 2.17. The summed E-state index contributed by atoms with van der Waals surface area (Å²) in [5.74, 6) is -0.306. The summed E-state index contributed by atoms with van der Waals surface area (Å²) in [6.07, 6.45) is 1.64. The van der Waals surface area contributed by atoms with Gasteiger partial charge in [-0.05, 0) is 19.8 Å². The fourth-order valence-electron chi connectivity index (χ4n) is 1.66. The lowest BCUT2D eigenvalue weighted by molar-refractivity contribution is -0.137. The van der Waals surface area contributed by atoms with Crippen molar-refractivity contribution in [2.24, 2.45) is 0 Å². The van der Waals surface area contributed by atoms with Crippen molar-refractivity contribution in [1.82, 2.24) is 4.90 Å². The Morgan fingerprint density at radius 3 is 2.13 bits per heavy atom. The molecule has 15 heavy (non-hydrogen) atoms. The number of hydrogen-bond donors (Lipinski definition) is 1. The van der Waals surface area contributed by atoms with E-state index in [1.165, 1.54) is 6.92 Å². The van der Waals surface area contributed by atoms with Crippen LogP contribution >= 0.6 is 0 Å². The number of carbonyl (C=O) groups excluding carboxylic acids is 2. The van der Waals surface area contributed by atoms with Crippen LogP contribution in [0.25, 0.3) is 0 Å². The van der Waals surface area contributed by atoms with Crippen molar-refractivity contribution >= 4 is 11.7 Å². The number of carbonyl (C=O) groups is 2. The van der Waals surface area contributed by atoms with Crippen molar-refractivity contribution in [3.8, 4) is 0 Å². The van der Waals surface area contributed by atoms with E-state index in [0.717, 1.165) is 12.8 Å². The summed E-state index contributed by atoms with van der Waals surface area (Å²) in [5, 5.41) is 8.88. The molecule has 0 unspecified atom stereocenters. The molecule has 4 heteroatoms. The highest BCUT2D eigenvalue weighted by Gasteiger charge is 2.21. The molecule has 0 spiro atoms. The molecule has 0 aliphatic rings. The van der Waals surface area contributed by atoms with Gasteiger partial charge in [0.15, 0.2) is 0 Å². The molecular weight excluding hydrogens is 194 g/mol. The summed E-state index contributed by atoms with van der Waals surface area (Å²) in [5.41, 5.74) is 0. The van der Waals surface area contributed by atoms with E-state index >= 15 is 0 Å². The maximum atomic E-state index is 11.7. The zero-order valence-corrected chi connectivity index (χ0v) is 9.82. The Kier molecular flexibility index (Phi) is 6.96. The van der Waals surface area contributed by atoms with Gasteiger partial charge < -0.3 is 10.0 Å². The van der Waals surface area contributed by atoms with E-state index in [2.05, 4.69) is 0 Å². The minimum Gasteiger partial charge on any atom is -0.395 e. The first kappa shape index (κ1) is 14.1. The topological polar surface area (TPSA) is 57.6 Å². The van der Waals surface area contributed by atoms with Crippen LogP contribution in [0.3, 0.4) is 0 Å².